The van der Waals surface area contributed by atoms with E-state index in [9.17, 15) is 14.7 Å². The van der Waals surface area contributed by atoms with Crippen molar-refractivity contribution in [2.24, 2.45) is 5.92 Å². The molecule has 0 spiro atoms. The van der Waals surface area contributed by atoms with Gasteiger partial charge in [0.15, 0.2) is 0 Å². The number of hydrogen-bond donors (Lipinski definition) is 1. The van der Waals surface area contributed by atoms with E-state index in [1.54, 1.807) is 30.0 Å². The molecule has 130 valence electrons. The zero-order chi connectivity index (χ0) is 17.3. The Balaban J connectivity index is 1.83. The van der Waals surface area contributed by atoms with Gasteiger partial charge in [0.1, 0.15) is 5.75 Å². The Kier molecular flexibility index (Phi) is 4.99. The quantitative estimate of drug-likeness (QED) is 0.900. The van der Waals surface area contributed by atoms with Crippen molar-refractivity contribution in [1.82, 2.24) is 4.90 Å². The lowest BCUT2D eigenvalue weighted by molar-refractivity contribution is -0.142. The molecule has 1 amide bonds. The highest BCUT2D eigenvalue weighted by Crippen LogP contribution is 2.32. The van der Waals surface area contributed by atoms with Crippen LogP contribution in [-0.2, 0) is 4.79 Å². The van der Waals surface area contributed by atoms with Crippen molar-refractivity contribution in [1.29, 1.82) is 0 Å². The molecule has 0 bridgehead atoms. The Morgan fingerprint density at radius 3 is 2.58 bits per heavy atom. The number of carbonyl (C=O) groups excluding carboxylic acids is 1. The second-order valence-corrected chi connectivity index (χ2v) is 7.07. The van der Waals surface area contributed by atoms with Gasteiger partial charge in [-0.25, -0.2) is 0 Å². The molecule has 1 aromatic rings. The van der Waals surface area contributed by atoms with Gasteiger partial charge >= 0.3 is 5.97 Å². The van der Waals surface area contributed by atoms with Crippen LogP contribution in [0.25, 0.3) is 0 Å². The predicted molar refractivity (Wildman–Crippen MR) is 90.6 cm³/mol. The molecule has 24 heavy (non-hydrogen) atoms. The standard InChI is InChI=1S/C18H22ClNO4/c1-11-14(18(22)23)8-9-20(11)17(21)15-10-12(19)6-7-16(15)24-13-4-2-3-5-13/h6-7,10-11,13-14H,2-5,8-9H2,1H3,(H,22,23). The van der Waals surface area contributed by atoms with Crippen molar-refractivity contribution in [2.45, 2.75) is 51.2 Å². The maximum absolute atomic E-state index is 13.0. The Labute approximate surface area is 146 Å². The monoisotopic (exact) mass is 351 g/mol. The van der Waals surface area contributed by atoms with Gasteiger partial charge in [0, 0.05) is 17.6 Å². The third-order valence-corrected chi connectivity index (χ3v) is 5.34. The molecule has 1 saturated heterocycles. The van der Waals surface area contributed by atoms with Gasteiger partial charge in [-0.2, -0.15) is 0 Å². The van der Waals surface area contributed by atoms with Crippen molar-refractivity contribution in [3.05, 3.63) is 28.8 Å². The number of halogens is 1. The zero-order valence-electron chi connectivity index (χ0n) is 13.7. The molecular formula is C18H22ClNO4. The van der Waals surface area contributed by atoms with Crippen LogP contribution in [-0.4, -0.2) is 40.6 Å². The number of aliphatic carboxylic acids is 1. The Bertz CT molecular complexity index is 642. The van der Waals surface area contributed by atoms with E-state index in [4.69, 9.17) is 16.3 Å². The average molecular weight is 352 g/mol. The summed E-state index contributed by atoms with van der Waals surface area (Å²) in [4.78, 5) is 25.9. The highest BCUT2D eigenvalue weighted by Gasteiger charge is 2.39. The van der Waals surface area contributed by atoms with E-state index in [1.165, 1.54) is 0 Å². The Morgan fingerprint density at radius 1 is 1.25 bits per heavy atom. The Hall–Kier alpha value is -1.75. The molecular weight excluding hydrogens is 330 g/mol. The first-order chi connectivity index (χ1) is 11.5. The van der Waals surface area contributed by atoms with Crippen molar-refractivity contribution < 1.29 is 19.4 Å². The number of hydrogen-bond acceptors (Lipinski definition) is 3. The maximum Gasteiger partial charge on any atom is 0.308 e. The topological polar surface area (TPSA) is 66.8 Å². The van der Waals surface area contributed by atoms with Crippen LogP contribution in [0.5, 0.6) is 5.75 Å². The first-order valence-electron chi connectivity index (χ1n) is 8.47. The molecule has 1 N–H and O–H groups in total. The van der Waals surface area contributed by atoms with Crippen molar-refractivity contribution >= 4 is 23.5 Å². The minimum Gasteiger partial charge on any atom is -0.490 e. The van der Waals surface area contributed by atoms with E-state index < -0.39 is 11.9 Å². The van der Waals surface area contributed by atoms with Crippen LogP contribution < -0.4 is 4.74 Å². The summed E-state index contributed by atoms with van der Waals surface area (Å²) in [7, 11) is 0. The van der Waals surface area contributed by atoms with Gasteiger partial charge in [-0.15, -0.1) is 0 Å². The molecule has 1 aromatic carbocycles. The van der Waals surface area contributed by atoms with Gasteiger partial charge in [0.05, 0.1) is 17.6 Å². The van der Waals surface area contributed by atoms with Crippen LogP contribution in [0.3, 0.4) is 0 Å². The second kappa shape index (κ2) is 7.01. The van der Waals surface area contributed by atoms with E-state index in [-0.39, 0.29) is 18.1 Å². The summed E-state index contributed by atoms with van der Waals surface area (Å²) in [6.07, 6.45) is 4.90. The van der Waals surface area contributed by atoms with Crippen molar-refractivity contribution in [3.63, 3.8) is 0 Å². The van der Waals surface area contributed by atoms with Gasteiger partial charge in [-0.05, 0) is 57.2 Å². The van der Waals surface area contributed by atoms with Gasteiger partial charge in [0.2, 0.25) is 0 Å². The molecule has 2 aliphatic rings. The van der Waals surface area contributed by atoms with E-state index in [0.29, 0.717) is 29.3 Å². The largest absolute Gasteiger partial charge is 0.490 e. The van der Waals surface area contributed by atoms with E-state index >= 15 is 0 Å². The first kappa shape index (κ1) is 17.1. The van der Waals surface area contributed by atoms with Gasteiger partial charge < -0.3 is 14.7 Å². The number of amides is 1. The molecule has 5 nitrogen and oxygen atoms in total. The number of rotatable bonds is 4. The minimum atomic E-state index is -0.855. The highest BCUT2D eigenvalue weighted by molar-refractivity contribution is 6.31. The van der Waals surface area contributed by atoms with Crippen LogP contribution in [0.4, 0.5) is 0 Å². The number of nitrogens with zero attached hydrogens (tertiary/aromatic N) is 1. The van der Waals surface area contributed by atoms with Crippen LogP contribution in [0.2, 0.25) is 5.02 Å². The zero-order valence-corrected chi connectivity index (χ0v) is 14.5. The molecule has 3 rings (SSSR count). The SMILES string of the molecule is CC1C(C(=O)O)CCN1C(=O)c1cc(Cl)ccc1OC1CCCC1. The molecule has 2 atom stereocenters. The predicted octanol–water partition coefficient (Wildman–Crippen LogP) is 3.60. The molecule has 1 heterocycles. The van der Waals surface area contributed by atoms with Gasteiger partial charge in [-0.3, -0.25) is 9.59 Å². The molecule has 0 radical (unpaired) electrons. The smallest absolute Gasteiger partial charge is 0.308 e. The summed E-state index contributed by atoms with van der Waals surface area (Å²) >= 11 is 6.08. The summed E-state index contributed by atoms with van der Waals surface area (Å²) in [6, 6.07) is 4.74. The first-order valence-corrected chi connectivity index (χ1v) is 8.85. The van der Waals surface area contributed by atoms with Crippen LogP contribution in [0.15, 0.2) is 18.2 Å². The summed E-state index contributed by atoms with van der Waals surface area (Å²) in [6.45, 7) is 2.22. The van der Waals surface area contributed by atoms with E-state index in [2.05, 4.69) is 0 Å². The number of carboxylic acids is 1. The number of likely N-dealkylation sites (tertiary alicyclic amines) is 1. The fourth-order valence-electron chi connectivity index (χ4n) is 3.67. The van der Waals surface area contributed by atoms with Gasteiger partial charge in [0.25, 0.3) is 5.91 Å². The number of carbonyl (C=O) groups is 2. The highest BCUT2D eigenvalue weighted by atomic mass is 35.5. The van der Waals surface area contributed by atoms with E-state index in [0.717, 1.165) is 25.7 Å². The summed E-state index contributed by atoms with van der Waals surface area (Å²) in [5, 5.41) is 9.73. The lowest BCUT2D eigenvalue weighted by atomic mass is 10.0. The molecule has 1 aliphatic heterocycles. The molecule has 1 aliphatic carbocycles. The van der Waals surface area contributed by atoms with E-state index in [1.807, 2.05) is 0 Å². The summed E-state index contributed by atoms with van der Waals surface area (Å²) < 4.78 is 6.03. The summed E-state index contributed by atoms with van der Waals surface area (Å²) in [5.41, 5.74) is 0.423. The summed E-state index contributed by atoms with van der Waals surface area (Å²) in [5.74, 6) is -1.04. The number of ether oxygens (including phenoxy) is 1. The molecule has 2 unspecified atom stereocenters. The molecule has 1 saturated carbocycles. The molecule has 0 aromatic heterocycles. The van der Waals surface area contributed by atoms with Gasteiger partial charge in [-0.1, -0.05) is 11.6 Å². The lowest BCUT2D eigenvalue weighted by Crippen LogP contribution is -2.38. The fourth-order valence-corrected chi connectivity index (χ4v) is 3.84. The van der Waals surface area contributed by atoms with Crippen LogP contribution in [0, 0.1) is 5.92 Å². The van der Waals surface area contributed by atoms with Crippen molar-refractivity contribution in [2.75, 3.05) is 6.54 Å². The number of benzene rings is 1. The maximum atomic E-state index is 13.0. The Morgan fingerprint density at radius 2 is 1.96 bits per heavy atom. The fraction of sp³-hybridized carbons (Fsp3) is 0.556. The minimum absolute atomic E-state index is 0.139. The molecule has 2 fully saturated rings. The van der Waals surface area contributed by atoms with Crippen LogP contribution in [0.1, 0.15) is 49.4 Å². The second-order valence-electron chi connectivity index (χ2n) is 6.64. The lowest BCUT2D eigenvalue weighted by Gasteiger charge is -2.25. The van der Waals surface area contributed by atoms with Crippen molar-refractivity contribution in [3.8, 4) is 5.75 Å². The van der Waals surface area contributed by atoms with Crippen LogP contribution >= 0.6 is 11.6 Å². The third kappa shape index (κ3) is 3.36. The third-order valence-electron chi connectivity index (χ3n) is 5.10. The average Bonchev–Trinajstić information content (AvgIpc) is 3.18. The molecule has 6 heteroatoms. The number of carboxylic acid groups (broad SMARTS) is 1. The normalized spacial score (nSPS) is 24.3.